The van der Waals surface area contributed by atoms with Crippen LogP contribution in [0.3, 0.4) is 0 Å². The first-order valence-corrected chi connectivity index (χ1v) is 12.2. The molecule has 0 saturated heterocycles. The first-order valence-electron chi connectivity index (χ1n) is 12.2. The van der Waals surface area contributed by atoms with Crippen molar-refractivity contribution in [1.29, 1.82) is 0 Å². The van der Waals surface area contributed by atoms with Gasteiger partial charge in [-0.15, -0.1) is 0 Å². The van der Waals surface area contributed by atoms with E-state index >= 15 is 0 Å². The molecule has 1 aromatic rings. The number of carbonyl (C=O) groups is 8. The van der Waals surface area contributed by atoms with Gasteiger partial charge in [-0.3, -0.25) is 39.1 Å². The monoisotopic (exact) mass is 559 g/mol. The first kappa shape index (κ1) is 29.5. The molecule has 2 aliphatic rings. The Morgan fingerprint density at radius 2 is 1.77 bits per heavy atom. The number of urea groups is 1. The molecule has 7 amide bonds. The van der Waals surface area contributed by atoms with E-state index in [2.05, 4.69) is 16.0 Å². The van der Waals surface area contributed by atoms with Gasteiger partial charge in [0.1, 0.15) is 30.5 Å². The zero-order valence-electron chi connectivity index (χ0n) is 21.4. The first-order chi connectivity index (χ1) is 18.9. The number of nitrogens with one attached hydrogen (secondary N) is 5. The highest BCUT2D eigenvalue weighted by Gasteiger charge is 2.45. The number of amides is 7. The molecule has 1 aromatic carbocycles. The molecule has 16 nitrogen and oxygen atoms in total. The van der Waals surface area contributed by atoms with E-state index in [1.165, 1.54) is 4.90 Å². The van der Waals surface area contributed by atoms with Crippen LogP contribution in [-0.2, 0) is 46.4 Å². The number of carboxylic acids is 1. The Morgan fingerprint density at radius 3 is 2.40 bits per heavy atom. The van der Waals surface area contributed by atoms with Gasteiger partial charge in [-0.1, -0.05) is 18.2 Å². The standard InChI is InChI=1S/C24H29N7O9/c1-11(33)26-16(10-18(34)35)20(36)28-15-6-5-12-3-2-4-13-9-17(31(19(12)13)23(15)39)22(38)27-14(7-8-32)21(37)29-30-24(25)40/h2-4,8,14-17H,5-7,9-10H2,1H3,(H,26,33)(H,27,38)(H,28,36)(H,29,37)(H,34,35)(H3,25,30,40)/t14-,15+,16-,17+/m0/s1. The lowest BCUT2D eigenvalue weighted by atomic mass is 10.0. The van der Waals surface area contributed by atoms with E-state index in [4.69, 9.17) is 10.8 Å². The van der Waals surface area contributed by atoms with Crippen LogP contribution in [-0.4, -0.2) is 77.1 Å². The minimum atomic E-state index is -1.43. The highest BCUT2D eigenvalue weighted by Crippen LogP contribution is 2.39. The van der Waals surface area contributed by atoms with Gasteiger partial charge >= 0.3 is 12.0 Å². The summed E-state index contributed by atoms with van der Waals surface area (Å²) >= 11 is 0. The number of carbonyl (C=O) groups excluding carboxylic acids is 7. The number of aryl methyl sites for hydroxylation is 1. The van der Waals surface area contributed by atoms with Crippen molar-refractivity contribution in [2.24, 2.45) is 5.73 Å². The molecule has 3 rings (SSSR count). The van der Waals surface area contributed by atoms with Crippen LogP contribution >= 0.6 is 0 Å². The molecule has 0 saturated carbocycles. The molecule has 2 heterocycles. The molecule has 0 spiro atoms. The quantitative estimate of drug-likeness (QED) is 0.115. The van der Waals surface area contributed by atoms with Gasteiger partial charge in [-0.05, 0) is 24.0 Å². The number of primary amides is 1. The second-order valence-corrected chi connectivity index (χ2v) is 9.25. The average molecular weight is 560 g/mol. The second kappa shape index (κ2) is 12.7. The fourth-order valence-electron chi connectivity index (χ4n) is 4.68. The van der Waals surface area contributed by atoms with Crippen molar-refractivity contribution < 1.29 is 43.5 Å². The number of hydrazine groups is 1. The average Bonchev–Trinajstić information content (AvgIpc) is 3.22. The zero-order chi connectivity index (χ0) is 29.6. The summed E-state index contributed by atoms with van der Waals surface area (Å²) in [6, 6.07) is -0.962. The highest BCUT2D eigenvalue weighted by atomic mass is 16.4. The fraction of sp³-hybridized carbons (Fsp3) is 0.417. The highest BCUT2D eigenvalue weighted by molar-refractivity contribution is 6.08. The van der Waals surface area contributed by atoms with Crippen LogP contribution < -0.4 is 37.4 Å². The van der Waals surface area contributed by atoms with Crippen LogP contribution in [0.4, 0.5) is 10.5 Å². The van der Waals surface area contributed by atoms with Crippen LogP contribution in [0.5, 0.6) is 0 Å². The maximum Gasteiger partial charge on any atom is 0.330 e. The molecule has 16 heteroatoms. The lowest BCUT2D eigenvalue weighted by molar-refractivity contribution is -0.141. The van der Waals surface area contributed by atoms with Crippen molar-refractivity contribution in [1.82, 2.24) is 26.8 Å². The molecule has 2 aliphatic heterocycles. The number of anilines is 1. The minimum Gasteiger partial charge on any atom is -0.481 e. The maximum atomic E-state index is 13.7. The number of aliphatic carboxylic acids is 1. The smallest absolute Gasteiger partial charge is 0.330 e. The predicted molar refractivity (Wildman–Crippen MR) is 135 cm³/mol. The number of benzene rings is 1. The van der Waals surface area contributed by atoms with Crippen molar-refractivity contribution in [2.75, 3.05) is 4.90 Å². The number of hydrogen-bond acceptors (Lipinski definition) is 8. The molecule has 0 radical (unpaired) electrons. The Hall–Kier alpha value is -5.02. The summed E-state index contributed by atoms with van der Waals surface area (Å²) in [6.07, 6.45) is -0.227. The van der Waals surface area contributed by atoms with E-state index in [1.807, 2.05) is 10.9 Å². The van der Waals surface area contributed by atoms with E-state index in [0.717, 1.165) is 12.5 Å². The Balaban J connectivity index is 1.86. The Kier molecular flexibility index (Phi) is 9.37. The molecule has 214 valence electrons. The van der Waals surface area contributed by atoms with E-state index in [0.29, 0.717) is 24.0 Å². The molecular formula is C24H29N7O9. The number of nitrogens with two attached hydrogens (primary N) is 1. The summed E-state index contributed by atoms with van der Waals surface area (Å²) in [6.45, 7) is 1.12. The van der Waals surface area contributed by atoms with Gasteiger partial charge in [-0.25, -0.2) is 10.2 Å². The van der Waals surface area contributed by atoms with Gasteiger partial charge in [0.2, 0.25) is 23.6 Å². The molecule has 0 aliphatic carbocycles. The van der Waals surface area contributed by atoms with Crippen molar-refractivity contribution in [3.63, 3.8) is 0 Å². The zero-order valence-corrected chi connectivity index (χ0v) is 21.4. The summed E-state index contributed by atoms with van der Waals surface area (Å²) in [5, 5.41) is 16.3. The van der Waals surface area contributed by atoms with Crippen LogP contribution in [0, 0.1) is 0 Å². The van der Waals surface area contributed by atoms with E-state index in [9.17, 15) is 38.4 Å². The summed E-state index contributed by atoms with van der Waals surface area (Å²) in [7, 11) is 0. The minimum absolute atomic E-state index is 0.0733. The normalized spacial score (nSPS) is 18.7. The van der Waals surface area contributed by atoms with Crippen LogP contribution in [0.15, 0.2) is 18.2 Å². The summed E-state index contributed by atoms with van der Waals surface area (Å²) in [5.74, 6) is -5.21. The third kappa shape index (κ3) is 6.89. The second-order valence-electron chi connectivity index (χ2n) is 9.25. The Labute approximate surface area is 227 Å². The number of aldehydes is 1. The van der Waals surface area contributed by atoms with E-state index in [-0.39, 0.29) is 12.8 Å². The van der Waals surface area contributed by atoms with Crippen molar-refractivity contribution in [3.8, 4) is 0 Å². The summed E-state index contributed by atoms with van der Waals surface area (Å²) < 4.78 is 0. The van der Waals surface area contributed by atoms with Crippen LogP contribution in [0.2, 0.25) is 0 Å². The molecular weight excluding hydrogens is 530 g/mol. The summed E-state index contributed by atoms with van der Waals surface area (Å²) in [5.41, 5.74) is 10.6. The van der Waals surface area contributed by atoms with Gasteiger partial charge in [-0.2, -0.15) is 0 Å². The number of hydrogen-bond donors (Lipinski definition) is 7. The predicted octanol–water partition coefficient (Wildman–Crippen LogP) is -2.87. The third-order valence-electron chi connectivity index (χ3n) is 6.37. The number of nitrogens with zero attached hydrogens (tertiary/aromatic N) is 1. The molecule has 0 bridgehead atoms. The third-order valence-corrected chi connectivity index (χ3v) is 6.37. The number of carboxylic acid groups (broad SMARTS) is 1. The molecule has 40 heavy (non-hydrogen) atoms. The lowest BCUT2D eigenvalue weighted by Gasteiger charge is -2.29. The fourth-order valence-corrected chi connectivity index (χ4v) is 4.68. The molecule has 4 atom stereocenters. The molecule has 0 unspecified atom stereocenters. The van der Waals surface area contributed by atoms with E-state index < -0.39 is 78.5 Å². The van der Waals surface area contributed by atoms with Gasteiger partial charge in [0.15, 0.2) is 0 Å². The van der Waals surface area contributed by atoms with Crippen LogP contribution in [0.25, 0.3) is 0 Å². The van der Waals surface area contributed by atoms with Gasteiger partial charge in [0, 0.05) is 19.8 Å². The molecule has 8 N–H and O–H groups in total. The summed E-state index contributed by atoms with van der Waals surface area (Å²) in [4.78, 5) is 98.3. The van der Waals surface area contributed by atoms with Gasteiger partial charge in [0.25, 0.3) is 5.91 Å². The lowest BCUT2D eigenvalue weighted by Crippen LogP contribution is -2.59. The number of rotatable bonds is 10. The van der Waals surface area contributed by atoms with Crippen LogP contribution in [0.1, 0.15) is 37.3 Å². The maximum absolute atomic E-state index is 13.7. The SMILES string of the molecule is CC(=O)N[C@@H](CC(=O)O)C(=O)N[C@@H]1CCc2cccc3c2N(C1=O)[C@@H](C(=O)N[C@@H](CC=O)C(=O)NNC(N)=O)C3. The van der Waals surface area contributed by atoms with Gasteiger partial charge in [0.05, 0.1) is 12.1 Å². The number of para-hydroxylation sites is 1. The largest absolute Gasteiger partial charge is 0.481 e. The van der Waals surface area contributed by atoms with Gasteiger partial charge < -0.3 is 31.6 Å². The Morgan fingerprint density at radius 1 is 1.07 bits per heavy atom. The molecule has 0 fully saturated rings. The Bertz CT molecular complexity index is 1240. The van der Waals surface area contributed by atoms with Crippen molar-refractivity contribution in [3.05, 3.63) is 29.3 Å². The molecule has 0 aromatic heterocycles. The van der Waals surface area contributed by atoms with Crippen molar-refractivity contribution >= 4 is 53.5 Å². The van der Waals surface area contributed by atoms with Crippen molar-refractivity contribution in [2.45, 2.75) is 63.2 Å². The van der Waals surface area contributed by atoms with E-state index in [1.54, 1.807) is 18.2 Å². The topological polar surface area (TPSA) is 246 Å².